The molecule has 0 atom stereocenters. The first-order valence-corrected chi connectivity index (χ1v) is 16.6. The summed E-state index contributed by atoms with van der Waals surface area (Å²) in [7, 11) is 2.14. The van der Waals surface area contributed by atoms with Crippen molar-refractivity contribution in [3.05, 3.63) is 198 Å². The number of aromatic nitrogens is 1. The minimum absolute atomic E-state index is 0.662. The van der Waals surface area contributed by atoms with Crippen molar-refractivity contribution < 1.29 is 4.79 Å². The molecule has 8 rings (SSSR count). The Bertz CT molecular complexity index is 2280. The van der Waals surface area contributed by atoms with Gasteiger partial charge in [0.15, 0.2) is 6.29 Å². The predicted octanol–water partition coefficient (Wildman–Crippen LogP) is 11.0. The van der Waals surface area contributed by atoms with Crippen molar-refractivity contribution in [2.75, 3.05) is 16.8 Å². The van der Waals surface area contributed by atoms with Crippen molar-refractivity contribution in [3.63, 3.8) is 0 Å². The van der Waals surface area contributed by atoms with Crippen molar-refractivity contribution >= 4 is 40.4 Å². The lowest BCUT2D eigenvalue weighted by atomic mass is 9.60. The van der Waals surface area contributed by atoms with Gasteiger partial charge in [0.2, 0.25) is 0 Å². The molecule has 0 unspecified atom stereocenters. The summed E-state index contributed by atoms with van der Waals surface area (Å²) in [5, 5.41) is 0. The zero-order valence-corrected chi connectivity index (χ0v) is 27.5. The van der Waals surface area contributed by atoms with Gasteiger partial charge in [-0.2, -0.15) is 0 Å². The summed E-state index contributed by atoms with van der Waals surface area (Å²) in [4.78, 5) is 22.2. The fourth-order valence-electron chi connectivity index (χ4n) is 7.93. The van der Waals surface area contributed by atoms with E-state index in [1.807, 2.05) is 49.4 Å². The molecule has 0 bridgehead atoms. The number of fused-ring (bicyclic) bond motifs is 8. The smallest absolute Gasteiger partial charge is 0.150 e. The number of anilines is 5. The van der Waals surface area contributed by atoms with Crippen LogP contribution in [0, 0.1) is 0 Å². The highest BCUT2D eigenvalue weighted by Crippen LogP contribution is 2.63. The zero-order chi connectivity index (χ0) is 33.5. The molecule has 0 saturated heterocycles. The lowest BCUT2D eigenvalue weighted by Gasteiger charge is -2.51. The molecule has 0 radical (unpaired) electrons. The van der Waals surface area contributed by atoms with Gasteiger partial charge >= 0.3 is 0 Å². The van der Waals surface area contributed by atoms with Crippen LogP contribution >= 0.6 is 0 Å². The maximum atomic E-state index is 12.3. The van der Waals surface area contributed by atoms with E-state index in [-0.39, 0.29) is 0 Å². The minimum atomic E-state index is -0.662. The van der Waals surface area contributed by atoms with E-state index in [9.17, 15) is 4.79 Å². The second kappa shape index (κ2) is 12.1. The van der Waals surface area contributed by atoms with Crippen LogP contribution in [-0.4, -0.2) is 18.3 Å². The fourth-order valence-corrected chi connectivity index (χ4v) is 7.93. The Labute approximate surface area is 287 Å². The number of allylic oxidation sites excluding steroid dienone is 5. The summed E-state index contributed by atoms with van der Waals surface area (Å²) < 4.78 is 0. The van der Waals surface area contributed by atoms with Crippen LogP contribution in [0.15, 0.2) is 164 Å². The minimum Gasteiger partial charge on any atom is -0.344 e. The van der Waals surface area contributed by atoms with Crippen LogP contribution in [0.25, 0.3) is 16.7 Å². The molecule has 0 aliphatic carbocycles. The van der Waals surface area contributed by atoms with Gasteiger partial charge in [-0.15, -0.1) is 0 Å². The summed E-state index contributed by atoms with van der Waals surface area (Å²) >= 11 is 0. The molecule has 6 aromatic rings. The molecule has 236 valence electrons. The molecule has 2 aliphatic rings. The quantitative estimate of drug-likeness (QED) is 0.135. The summed E-state index contributed by atoms with van der Waals surface area (Å²) in [5.74, 6) is 0.835. The van der Waals surface area contributed by atoms with Crippen LogP contribution in [0.1, 0.15) is 45.2 Å². The van der Waals surface area contributed by atoms with Crippen LogP contribution in [0.4, 0.5) is 28.6 Å². The summed E-state index contributed by atoms with van der Waals surface area (Å²) in [6.07, 6.45) is 8.84. The van der Waals surface area contributed by atoms with Gasteiger partial charge in [-0.3, -0.25) is 9.69 Å². The van der Waals surface area contributed by atoms with Gasteiger partial charge in [0.05, 0.1) is 28.2 Å². The number of hydrogen-bond acceptors (Lipinski definition) is 4. The number of pyridine rings is 1. The molecule has 4 heteroatoms. The van der Waals surface area contributed by atoms with Crippen LogP contribution in [0.5, 0.6) is 0 Å². The number of nitrogens with zero attached hydrogens (tertiary/aromatic N) is 3. The Hall–Kier alpha value is -6.26. The molecule has 0 amide bonds. The van der Waals surface area contributed by atoms with Crippen molar-refractivity contribution in [2.24, 2.45) is 0 Å². The van der Waals surface area contributed by atoms with E-state index in [1.165, 1.54) is 16.7 Å². The van der Waals surface area contributed by atoms with Gasteiger partial charge in [0, 0.05) is 23.9 Å². The highest BCUT2D eigenvalue weighted by atomic mass is 16.1. The van der Waals surface area contributed by atoms with Gasteiger partial charge in [0.25, 0.3) is 0 Å². The number of carbonyl (C=O) groups is 1. The average molecular weight is 634 g/mol. The zero-order valence-electron chi connectivity index (χ0n) is 27.5. The Morgan fingerprint density at radius 3 is 1.92 bits per heavy atom. The van der Waals surface area contributed by atoms with Crippen molar-refractivity contribution in [2.45, 2.75) is 12.3 Å². The first-order valence-electron chi connectivity index (χ1n) is 16.6. The molecule has 1 spiro atoms. The second-order valence-corrected chi connectivity index (χ2v) is 12.3. The molecule has 0 saturated carbocycles. The molecule has 0 fully saturated rings. The van der Waals surface area contributed by atoms with E-state index in [1.54, 1.807) is 6.08 Å². The van der Waals surface area contributed by atoms with Crippen LogP contribution in [-0.2, 0) is 5.41 Å². The Balaban J connectivity index is 1.47. The molecule has 2 aliphatic heterocycles. The number of benzene rings is 5. The Morgan fingerprint density at radius 1 is 0.673 bits per heavy atom. The largest absolute Gasteiger partial charge is 0.344 e. The number of carbonyl (C=O) groups excluding carboxylic acids is 1. The van der Waals surface area contributed by atoms with Crippen molar-refractivity contribution in [3.8, 4) is 11.1 Å². The van der Waals surface area contributed by atoms with E-state index in [0.717, 1.165) is 62.8 Å². The molecule has 1 aromatic heterocycles. The first kappa shape index (κ1) is 30.1. The van der Waals surface area contributed by atoms with Crippen molar-refractivity contribution in [1.82, 2.24) is 4.98 Å². The molecule has 3 heterocycles. The number of aldehydes is 1. The van der Waals surface area contributed by atoms with E-state index >= 15 is 0 Å². The predicted molar refractivity (Wildman–Crippen MR) is 203 cm³/mol. The van der Waals surface area contributed by atoms with E-state index in [2.05, 4.69) is 133 Å². The number of hydrogen-bond donors (Lipinski definition) is 0. The first-order chi connectivity index (χ1) is 24.1. The SMILES string of the molecule is C=C/C=C(\C=C/C)c1cccc(N2c3ccccc3C3(c4ccccc4N(C)c4c(-c5ccccc5C=O)cccc43)c3ccccc32)n1. The molecule has 4 nitrogen and oxygen atoms in total. The highest BCUT2D eigenvalue weighted by Gasteiger charge is 2.51. The van der Waals surface area contributed by atoms with Gasteiger partial charge < -0.3 is 4.90 Å². The van der Waals surface area contributed by atoms with Gasteiger partial charge in [0.1, 0.15) is 5.82 Å². The topological polar surface area (TPSA) is 36.4 Å². The molecule has 5 aromatic carbocycles. The molecular formula is C45H35N3O. The van der Waals surface area contributed by atoms with Crippen LogP contribution in [0.3, 0.4) is 0 Å². The maximum Gasteiger partial charge on any atom is 0.150 e. The van der Waals surface area contributed by atoms with Gasteiger partial charge in [-0.05, 0) is 70.6 Å². The van der Waals surface area contributed by atoms with Crippen LogP contribution in [0.2, 0.25) is 0 Å². The van der Waals surface area contributed by atoms with E-state index < -0.39 is 5.41 Å². The summed E-state index contributed by atoms with van der Waals surface area (Å²) in [5.41, 5.74) is 12.8. The standard InChI is InChI=1S/C45H35N3O/c1-4-16-31(17-5-2)39-25-15-29-43(46-39)48-41-27-12-9-22-36(41)45(37-23-10-13-28-42(37)48)35-21-8-11-26-40(35)47(3)44-34(20-14-24-38(44)45)33-19-7-6-18-32(33)30-49/h4-30H,1H2,2-3H3/b17-5-,31-16+. The van der Waals surface area contributed by atoms with E-state index in [0.29, 0.717) is 5.56 Å². The highest BCUT2D eigenvalue weighted by molar-refractivity contribution is 5.99. The number of rotatable bonds is 6. The lowest BCUT2D eigenvalue weighted by Crippen LogP contribution is -2.42. The number of para-hydroxylation sites is 4. The second-order valence-electron chi connectivity index (χ2n) is 12.3. The third kappa shape index (κ3) is 4.45. The maximum absolute atomic E-state index is 12.3. The normalized spacial score (nSPS) is 14.2. The third-order valence-corrected chi connectivity index (χ3v) is 9.82. The molecule has 49 heavy (non-hydrogen) atoms. The molecular weight excluding hydrogens is 599 g/mol. The lowest BCUT2D eigenvalue weighted by molar-refractivity contribution is 0.112. The van der Waals surface area contributed by atoms with Gasteiger partial charge in [-0.25, -0.2) is 4.98 Å². The Kier molecular flexibility index (Phi) is 7.42. The summed E-state index contributed by atoms with van der Waals surface area (Å²) in [6.45, 7) is 5.95. The summed E-state index contributed by atoms with van der Waals surface area (Å²) in [6, 6.07) is 46.8. The fraction of sp³-hybridized carbons (Fsp3) is 0.0667. The Morgan fingerprint density at radius 2 is 1.24 bits per heavy atom. The van der Waals surface area contributed by atoms with E-state index in [4.69, 9.17) is 4.98 Å². The third-order valence-electron chi connectivity index (χ3n) is 9.82. The monoisotopic (exact) mass is 633 g/mol. The van der Waals surface area contributed by atoms with Crippen molar-refractivity contribution in [1.29, 1.82) is 0 Å². The van der Waals surface area contributed by atoms with Crippen LogP contribution < -0.4 is 9.80 Å². The van der Waals surface area contributed by atoms with Gasteiger partial charge in [-0.1, -0.05) is 134 Å². The average Bonchev–Trinajstić information content (AvgIpc) is 3.16. The molecule has 0 N–H and O–H groups in total.